The summed E-state index contributed by atoms with van der Waals surface area (Å²) in [7, 11) is 1.41. The summed E-state index contributed by atoms with van der Waals surface area (Å²) in [5, 5.41) is 0. The minimum Gasteiger partial charge on any atom is -0.497 e. The third-order valence-corrected chi connectivity index (χ3v) is 4.87. The Morgan fingerprint density at radius 1 is 1.04 bits per heavy atom. The molecular formula is C20H21F3O2. The summed E-state index contributed by atoms with van der Waals surface area (Å²) in [6.45, 7) is 2.64. The smallest absolute Gasteiger partial charge is 0.167 e. The third kappa shape index (κ3) is 3.52. The van der Waals surface area contributed by atoms with Crippen molar-refractivity contribution in [1.29, 1.82) is 0 Å². The number of hydrogen-bond donors (Lipinski definition) is 0. The van der Waals surface area contributed by atoms with E-state index in [1.807, 2.05) is 0 Å². The van der Waals surface area contributed by atoms with Crippen LogP contribution in [0.5, 0.6) is 5.75 Å². The molecule has 2 aromatic carbocycles. The molecule has 5 heteroatoms. The van der Waals surface area contributed by atoms with E-state index in [0.717, 1.165) is 18.9 Å². The Hall–Kier alpha value is -2.01. The number of rotatable bonds is 4. The predicted molar refractivity (Wildman–Crippen MR) is 90.0 cm³/mol. The van der Waals surface area contributed by atoms with Gasteiger partial charge >= 0.3 is 0 Å². The molecule has 0 amide bonds. The van der Waals surface area contributed by atoms with Crippen LogP contribution in [0.4, 0.5) is 13.2 Å². The molecule has 25 heavy (non-hydrogen) atoms. The highest BCUT2D eigenvalue weighted by molar-refractivity contribution is 5.66. The van der Waals surface area contributed by atoms with Gasteiger partial charge in [-0.05, 0) is 30.9 Å². The van der Waals surface area contributed by atoms with Crippen LogP contribution in [0.2, 0.25) is 0 Å². The molecule has 2 atom stereocenters. The second-order valence-corrected chi connectivity index (χ2v) is 6.35. The Labute approximate surface area is 145 Å². The summed E-state index contributed by atoms with van der Waals surface area (Å²) in [4.78, 5) is 0. The fraction of sp³-hybridized carbons (Fsp3) is 0.400. The molecule has 0 spiro atoms. The van der Waals surface area contributed by atoms with Crippen LogP contribution >= 0.6 is 0 Å². The quantitative estimate of drug-likeness (QED) is 0.709. The van der Waals surface area contributed by atoms with Gasteiger partial charge in [-0.15, -0.1) is 0 Å². The van der Waals surface area contributed by atoms with Crippen molar-refractivity contribution in [3.63, 3.8) is 0 Å². The van der Waals surface area contributed by atoms with Crippen molar-refractivity contribution in [1.82, 2.24) is 0 Å². The van der Waals surface area contributed by atoms with Gasteiger partial charge in [0, 0.05) is 22.8 Å². The van der Waals surface area contributed by atoms with E-state index in [9.17, 15) is 13.2 Å². The second-order valence-electron chi connectivity index (χ2n) is 6.35. The number of halogens is 3. The number of hydrogen-bond acceptors (Lipinski definition) is 2. The Balaban J connectivity index is 1.91. The molecule has 0 aliphatic carbocycles. The highest BCUT2D eigenvalue weighted by atomic mass is 19.2. The average molecular weight is 350 g/mol. The van der Waals surface area contributed by atoms with Crippen LogP contribution in [0.3, 0.4) is 0 Å². The van der Waals surface area contributed by atoms with Crippen LogP contribution < -0.4 is 4.74 Å². The first-order valence-corrected chi connectivity index (χ1v) is 8.48. The third-order valence-electron chi connectivity index (χ3n) is 4.87. The van der Waals surface area contributed by atoms with E-state index >= 15 is 0 Å². The van der Waals surface area contributed by atoms with Crippen molar-refractivity contribution >= 4 is 0 Å². The molecule has 1 aliphatic heterocycles. The van der Waals surface area contributed by atoms with E-state index in [1.54, 1.807) is 0 Å². The monoisotopic (exact) mass is 350 g/mol. The first-order chi connectivity index (χ1) is 12.0. The molecule has 0 N–H and O–H groups in total. The van der Waals surface area contributed by atoms with Gasteiger partial charge in [-0.25, -0.2) is 13.2 Å². The summed E-state index contributed by atoms with van der Waals surface area (Å²) in [6, 6.07) is 6.95. The van der Waals surface area contributed by atoms with Gasteiger partial charge in [0.25, 0.3) is 0 Å². The molecule has 1 saturated heterocycles. The maximum Gasteiger partial charge on any atom is 0.167 e. The van der Waals surface area contributed by atoms with E-state index in [2.05, 4.69) is 6.92 Å². The van der Waals surface area contributed by atoms with Gasteiger partial charge < -0.3 is 9.47 Å². The Bertz CT molecular complexity index is 753. The summed E-state index contributed by atoms with van der Waals surface area (Å²) in [5.41, 5.74) is 0.0905. The largest absolute Gasteiger partial charge is 0.497 e. The minimum atomic E-state index is -1.05. The maximum atomic E-state index is 14.6. The average Bonchev–Trinajstić information content (AvgIpc) is 2.64. The molecule has 2 nitrogen and oxygen atoms in total. The van der Waals surface area contributed by atoms with Crippen molar-refractivity contribution in [2.45, 2.75) is 32.3 Å². The predicted octanol–water partition coefficient (Wildman–Crippen LogP) is 5.66. The van der Waals surface area contributed by atoms with E-state index in [-0.39, 0.29) is 16.7 Å². The molecular weight excluding hydrogens is 329 g/mol. The molecule has 3 rings (SSSR count). The molecule has 0 bridgehead atoms. The number of ether oxygens (including phenoxy) is 2. The number of methoxy groups -OCH3 is 1. The number of benzene rings is 2. The maximum absolute atomic E-state index is 14.6. The van der Waals surface area contributed by atoms with Crippen LogP contribution in [0.15, 0.2) is 30.3 Å². The van der Waals surface area contributed by atoms with Gasteiger partial charge in [0.1, 0.15) is 11.6 Å². The van der Waals surface area contributed by atoms with E-state index < -0.39 is 23.6 Å². The van der Waals surface area contributed by atoms with Crippen LogP contribution in [-0.4, -0.2) is 13.7 Å². The molecule has 2 aromatic rings. The normalized spacial score (nSPS) is 20.5. The molecule has 134 valence electrons. The Kier molecular flexibility index (Phi) is 5.33. The molecule has 0 saturated carbocycles. The van der Waals surface area contributed by atoms with Gasteiger partial charge in [0.2, 0.25) is 0 Å². The summed E-state index contributed by atoms with van der Waals surface area (Å²) >= 11 is 0. The molecule has 0 aromatic heterocycles. The lowest BCUT2D eigenvalue weighted by Crippen LogP contribution is -2.21. The van der Waals surface area contributed by atoms with E-state index in [0.29, 0.717) is 24.7 Å². The Morgan fingerprint density at radius 2 is 1.80 bits per heavy atom. The molecule has 1 heterocycles. The molecule has 2 unspecified atom stereocenters. The highest BCUT2D eigenvalue weighted by Crippen LogP contribution is 2.37. The minimum absolute atomic E-state index is 0.000593. The van der Waals surface area contributed by atoms with Gasteiger partial charge in [0.15, 0.2) is 11.6 Å². The van der Waals surface area contributed by atoms with Gasteiger partial charge in [-0.3, -0.25) is 0 Å². The van der Waals surface area contributed by atoms with E-state index in [1.165, 1.54) is 31.4 Å². The van der Waals surface area contributed by atoms with Crippen molar-refractivity contribution in [3.8, 4) is 16.9 Å². The summed E-state index contributed by atoms with van der Waals surface area (Å²) in [6.07, 6.45) is 2.15. The first-order valence-electron chi connectivity index (χ1n) is 8.48. The lowest BCUT2D eigenvalue weighted by molar-refractivity contribution is -0.0200. The molecule has 1 aliphatic rings. The molecule has 1 fully saturated rings. The zero-order valence-corrected chi connectivity index (χ0v) is 14.3. The topological polar surface area (TPSA) is 18.5 Å². The lowest BCUT2D eigenvalue weighted by Gasteiger charge is -2.29. The van der Waals surface area contributed by atoms with Gasteiger partial charge in [-0.2, -0.15) is 0 Å². The summed E-state index contributed by atoms with van der Waals surface area (Å²) < 4.78 is 54.0. The van der Waals surface area contributed by atoms with Crippen molar-refractivity contribution in [2.24, 2.45) is 5.92 Å². The highest BCUT2D eigenvalue weighted by Gasteiger charge is 2.27. The summed E-state index contributed by atoms with van der Waals surface area (Å²) in [5.74, 6) is -1.89. The molecule has 0 radical (unpaired) electrons. The Morgan fingerprint density at radius 3 is 2.40 bits per heavy atom. The first kappa shape index (κ1) is 17.8. The fourth-order valence-electron chi connectivity index (χ4n) is 3.24. The van der Waals surface area contributed by atoms with Crippen molar-refractivity contribution < 1.29 is 22.6 Å². The lowest BCUT2D eigenvalue weighted by atomic mass is 9.92. The van der Waals surface area contributed by atoms with Crippen LogP contribution in [-0.2, 0) is 4.74 Å². The van der Waals surface area contributed by atoms with Crippen LogP contribution in [0.25, 0.3) is 11.1 Å². The van der Waals surface area contributed by atoms with Crippen molar-refractivity contribution in [2.75, 3.05) is 13.7 Å². The van der Waals surface area contributed by atoms with E-state index in [4.69, 9.17) is 9.47 Å². The standard InChI is InChI=1S/C20H21F3O2/c1-3-12-4-9-18(25-11-12)16-8-7-15(19(22)20(16)23)14-6-5-13(24-2)10-17(14)21/h5-8,10,12,18H,3-4,9,11H2,1-2H3. The van der Waals surface area contributed by atoms with Gasteiger partial charge in [0.05, 0.1) is 19.8 Å². The van der Waals surface area contributed by atoms with Gasteiger partial charge in [-0.1, -0.05) is 25.5 Å². The second kappa shape index (κ2) is 7.48. The fourth-order valence-corrected chi connectivity index (χ4v) is 3.24. The SMILES string of the molecule is CCC1CCC(c2ccc(-c3ccc(OC)cc3F)c(F)c2F)OC1. The van der Waals surface area contributed by atoms with Crippen LogP contribution in [0.1, 0.15) is 37.9 Å². The zero-order chi connectivity index (χ0) is 18.0. The van der Waals surface area contributed by atoms with Crippen LogP contribution in [0, 0.1) is 23.4 Å². The zero-order valence-electron chi connectivity index (χ0n) is 14.3. The van der Waals surface area contributed by atoms with Crippen molar-refractivity contribution in [3.05, 3.63) is 53.3 Å².